The number of hydrogen-bond acceptors (Lipinski definition) is 6. The molecule has 1 amide bonds. The van der Waals surface area contributed by atoms with E-state index in [0.29, 0.717) is 16.9 Å². The van der Waals surface area contributed by atoms with Crippen LogP contribution in [0.25, 0.3) is 0 Å². The minimum atomic E-state index is -0.588. The molecule has 3 aromatic carbocycles. The Labute approximate surface area is 177 Å². The molecule has 3 rings (SSSR count). The first kappa shape index (κ1) is 21.4. The first-order valence-corrected chi connectivity index (χ1v) is 9.17. The van der Waals surface area contributed by atoms with Crippen LogP contribution in [-0.2, 0) is 11.4 Å². The van der Waals surface area contributed by atoms with Crippen LogP contribution in [-0.4, -0.2) is 23.7 Å². The molecule has 0 spiro atoms. The second-order valence-electron chi connectivity index (χ2n) is 6.26. The summed E-state index contributed by atoms with van der Waals surface area (Å²) in [5.41, 5.74) is 3.20. The van der Waals surface area contributed by atoms with Crippen molar-refractivity contribution in [3.63, 3.8) is 0 Å². The van der Waals surface area contributed by atoms with Crippen LogP contribution in [0.3, 0.4) is 0 Å². The number of nitrogens with one attached hydrogen (secondary N) is 1. The molecule has 1 N–H and O–H groups in total. The number of ether oxygens (including phenoxy) is 2. The highest BCUT2D eigenvalue weighted by molar-refractivity contribution is 5.83. The van der Waals surface area contributed by atoms with Crippen LogP contribution in [0.1, 0.15) is 11.1 Å². The first-order valence-electron chi connectivity index (χ1n) is 9.17. The zero-order chi connectivity index (χ0) is 22.1. The van der Waals surface area contributed by atoms with E-state index in [-0.39, 0.29) is 23.9 Å². The van der Waals surface area contributed by atoms with Crippen LogP contribution in [0.2, 0.25) is 0 Å². The van der Waals surface area contributed by atoms with E-state index in [4.69, 9.17) is 9.47 Å². The summed E-state index contributed by atoms with van der Waals surface area (Å²) in [5, 5.41) is 14.7. The molecule has 0 atom stereocenters. The van der Waals surface area contributed by atoms with E-state index in [1.807, 2.05) is 0 Å². The lowest BCUT2D eigenvalue weighted by atomic mass is 10.2. The van der Waals surface area contributed by atoms with Crippen molar-refractivity contribution in [1.29, 1.82) is 0 Å². The van der Waals surface area contributed by atoms with E-state index < -0.39 is 17.4 Å². The molecule has 158 valence electrons. The molecule has 0 fully saturated rings. The summed E-state index contributed by atoms with van der Waals surface area (Å²) in [6.45, 7) is -0.319. The molecule has 0 saturated heterocycles. The Morgan fingerprint density at radius 2 is 1.74 bits per heavy atom. The average Bonchev–Trinajstić information content (AvgIpc) is 2.78. The molecule has 3 aromatic rings. The zero-order valence-corrected chi connectivity index (χ0v) is 16.2. The second-order valence-corrected chi connectivity index (χ2v) is 6.26. The van der Waals surface area contributed by atoms with Gasteiger partial charge in [0.1, 0.15) is 18.2 Å². The van der Waals surface area contributed by atoms with E-state index >= 15 is 0 Å². The number of hydrogen-bond donors (Lipinski definition) is 1. The maximum atomic E-state index is 13.6. The van der Waals surface area contributed by atoms with Gasteiger partial charge in [0.2, 0.25) is 0 Å². The maximum Gasteiger partial charge on any atom is 0.310 e. The third-order valence-corrected chi connectivity index (χ3v) is 4.06. The zero-order valence-electron chi connectivity index (χ0n) is 16.2. The molecule has 8 nitrogen and oxygen atoms in total. The average molecular weight is 423 g/mol. The van der Waals surface area contributed by atoms with Gasteiger partial charge in [-0.2, -0.15) is 5.10 Å². The molecule has 0 aromatic heterocycles. The van der Waals surface area contributed by atoms with Gasteiger partial charge in [-0.05, 0) is 42.0 Å². The Kier molecular flexibility index (Phi) is 7.26. The van der Waals surface area contributed by atoms with E-state index in [1.54, 1.807) is 48.5 Å². The van der Waals surface area contributed by atoms with Crippen LogP contribution >= 0.6 is 0 Å². The lowest BCUT2D eigenvalue weighted by molar-refractivity contribution is -0.385. The van der Waals surface area contributed by atoms with Crippen molar-refractivity contribution in [2.75, 3.05) is 6.61 Å². The van der Waals surface area contributed by atoms with Gasteiger partial charge in [-0.3, -0.25) is 14.9 Å². The quantitative estimate of drug-likeness (QED) is 0.320. The minimum absolute atomic E-state index is 0.00222. The van der Waals surface area contributed by atoms with Gasteiger partial charge in [0.15, 0.2) is 12.4 Å². The number of para-hydroxylation sites is 2. The molecular weight excluding hydrogens is 405 g/mol. The predicted molar refractivity (Wildman–Crippen MR) is 112 cm³/mol. The molecule has 0 saturated carbocycles. The summed E-state index contributed by atoms with van der Waals surface area (Å²) in [4.78, 5) is 22.2. The van der Waals surface area contributed by atoms with E-state index in [1.165, 1.54) is 30.5 Å². The van der Waals surface area contributed by atoms with Crippen molar-refractivity contribution in [3.05, 3.63) is 99.9 Å². The number of amides is 1. The van der Waals surface area contributed by atoms with Crippen molar-refractivity contribution < 1.29 is 23.6 Å². The normalized spacial score (nSPS) is 10.6. The fourth-order valence-electron chi connectivity index (χ4n) is 2.51. The Balaban J connectivity index is 1.46. The van der Waals surface area contributed by atoms with Gasteiger partial charge in [-0.15, -0.1) is 0 Å². The number of carbonyl (C=O) groups is 1. The van der Waals surface area contributed by atoms with Crippen molar-refractivity contribution in [1.82, 2.24) is 5.43 Å². The molecule has 0 radical (unpaired) electrons. The Bertz CT molecular complexity index is 1090. The van der Waals surface area contributed by atoms with Crippen LogP contribution in [0.15, 0.2) is 77.9 Å². The maximum absolute atomic E-state index is 13.6. The number of nitro groups is 1. The van der Waals surface area contributed by atoms with E-state index in [2.05, 4.69) is 10.5 Å². The van der Waals surface area contributed by atoms with Crippen molar-refractivity contribution in [2.24, 2.45) is 5.10 Å². The highest BCUT2D eigenvalue weighted by Gasteiger charge is 2.14. The highest BCUT2D eigenvalue weighted by atomic mass is 19.1. The molecule has 0 unspecified atom stereocenters. The van der Waals surface area contributed by atoms with Gasteiger partial charge in [-0.25, -0.2) is 9.82 Å². The molecule has 0 heterocycles. The van der Waals surface area contributed by atoms with Crippen molar-refractivity contribution in [2.45, 2.75) is 6.61 Å². The smallest absolute Gasteiger partial charge is 0.310 e. The van der Waals surface area contributed by atoms with E-state index in [9.17, 15) is 19.3 Å². The predicted octanol–water partition coefficient (Wildman–Crippen LogP) is 3.84. The topological polar surface area (TPSA) is 103 Å². The summed E-state index contributed by atoms with van der Waals surface area (Å²) >= 11 is 0. The van der Waals surface area contributed by atoms with Crippen molar-refractivity contribution in [3.8, 4) is 11.5 Å². The number of hydrazone groups is 1. The number of carbonyl (C=O) groups excluding carboxylic acids is 1. The summed E-state index contributed by atoms with van der Waals surface area (Å²) in [6.07, 6.45) is 1.42. The van der Waals surface area contributed by atoms with Gasteiger partial charge in [0, 0.05) is 11.6 Å². The minimum Gasteiger partial charge on any atom is -0.489 e. The van der Waals surface area contributed by atoms with Gasteiger partial charge in [0.05, 0.1) is 11.1 Å². The fraction of sp³-hybridized carbons (Fsp3) is 0.0909. The third kappa shape index (κ3) is 6.36. The fourth-order valence-corrected chi connectivity index (χ4v) is 2.51. The van der Waals surface area contributed by atoms with Gasteiger partial charge < -0.3 is 9.47 Å². The molecular formula is C22H18FN3O5. The molecule has 0 aliphatic rings. The molecule has 0 aliphatic carbocycles. The number of nitro benzene ring substituents is 1. The highest BCUT2D eigenvalue weighted by Crippen LogP contribution is 2.25. The van der Waals surface area contributed by atoms with Crippen LogP contribution in [0, 0.1) is 15.9 Å². The SMILES string of the molecule is O=C(COc1ccccc1[N+](=O)[O-])N/N=C\c1ccc(OCc2ccccc2F)cc1. The number of rotatable bonds is 9. The Hall–Kier alpha value is -4.27. The number of nitrogens with zero attached hydrogens (tertiary/aromatic N) is 2. The molecule has 31 heavy (non-hydrogen) atoms. The second kappa shape index (κ2) is 10.5. The standard InChI is InChI=1S/C22H18FN3O5/c23-19-6-2-1-5-17(19)14-30-18-11-9-16(10-12-18)13-24-25-22(27)15-31-21-8-4-3-7-20(21)26(28)29/h1-13H,14-15H2,(H,25,27)/b24-13-. The molecule has 0 aliphatic heterocycles. The summed E-state index contributed by atoms with van der Waals surface area (Å²) < 4.78 is 24.3. The number of benzene rings is 3. The van der Waals surface area contributed by atoms with E-state index in [0.717, 1.165) is 0 Å². The van der Waals surface area contributed by atoms with Crippen LogP contribution in [0.5, 0.6) is 11.5 Å². The van der Waals surface area contributed by atoms with Crippen molar-refractivity contribution >= 4 is 17.8 Å². The Morgan fingerprint density at radius 3 is 2.48 bits per heavy atom. The van der Waals surface area contributed by atoms with Crippen LogP contribution in [0.4, 0.5) is 10.1 Å². The summed E-state index contributed by atoms with van der Waals surface area (Å²) in [5.74, 6) is -0.341. The van der Waals surface area contributed by atoms with Gasteiger partial charge in [0.25, 0.3) is 5.91 Å². The first-order chi connectivity index (χ1) is 15.0. The monoisotopic (exact) mass is 423 g/mol. The lowest BCUT2D eigenvalue weighted by Gasteiger charge is -2.07. The van der Waals surface area contributed by atoms with Crippen LogP contribution < -0.4 is 14.9 Å². The van der Waals surface area contributed by atoms with Gasteiger partial charge >= 0.3 is 5.69 Å². The molecule has 0 bridgehead atoms. The largest absolute Gasteiger partial charge is 0.489 e. The number of halogens is 1. The lowest BCUT2D eigenvalue weighted by Crippen LogP contribution is -2.24. The molecule has 9 heteroatoms. The van der Waals surface area contributed by atoms with Gasteiger partial charge in [-0.1, -0.05) is 30.3 Å². The summed E-state index contributed by atoms with van der Waals surface area (Å²) in [6, 6.07) is 19.0. The third-order valence-electron chi connectivity index (χ3n) is 4.06. The Morgan fingerprint density at radius 1 is 1.03 bits per heavy atom. The summed E-state index contributed by atoms with van der Waals surface area (Å²) in [7, 11) is 0.